The number of benzene rings is 1. The number of nitrogens with one attached hydrogen (secondary N) is 1. The maximum Gasteiger partial charge on any atom is 0.317 e. The van der Waals surface area contributed by atoms with Crippen molar-refractivity contribution in [3.05, 3.63) is 35.6 Å². The van der Waals surface area contributed by atoms with E-state index in [0.717, 1.165) is 24.8 Å². The van der Waals surface area contributed by atoms with Crippen LogP contribution in [-0.4, -0.2) is 41.8 Å². The summed E-state index contributed by atoms with van der Waals surface area (Å²) < 4.78 is 13.0. The second-order valence-corrected chi connectivity index (χ2v) is 6.20. The number of hydrogen-bond donors (Lipinski definition) is 2. The Labute approximate surface area is 131 Å². The zero-order valence-corrected chi connectivity index (χ0v) is 13.3. The molecule has 3 atom stereocenters. The van der Waals surface area contributed by atoms with E-state index < -0.39 is 6.10 Å². The molecule has 4 nitrogen and oxygen atoms in total. The van der Waals surface area contributed by atoms with Crippen LogP contribution in [0.15, 0.2) is 24.3 Å². The van der Waals surface area contributed by atoms with Crippen LogP contribution in [0.4, 0.5) is 9.18 Å². The number of carbonyl (C=O) groups excluding carboxylic acids is 1. The normalized spacial score (nSPS) is 22.4. The minimum Gasteiger partial charge on any atom is -0.393 e. The highest BCUT2D eigenvalue weighted by atomic mass is 19.1. The van der Waals surface area contributed by atoms with E-state index in [1.165, 1.54) is 12.1 Å². The molecule has 1 aliphatic rings. The summed E-state index contributed by atoms with van der Waals surface area (Å²) in [7, 11) is 1.74. The zero-order valence-electron chi connectivity index (χ0n) is 13.3. The summed E-state index contributed by atoms with van der Waals surface area (Å²) in [6.45, 7) is 2.24. The third kappa shape index (κ3) is 4.44. The van der Waals surface area contributed by atoms with Crippen LogP contribution >= 0.6 is 0 Å². The van der Waals surface area contributed by atoms with Crippen LogP contribution in [-0.2, 0) is 0 Å². The predicted octanol–water partition coefficient (Wildman–Crippen LogP) is 2.87. The molecule has 1 aliphatic carbocycles. The van der Waals surface area contributed by atoms with Crippen molar-refractivity contribution in [2.45, 2.75) is 50.7 Å². The first-order valence-corrected chi connectivity index (χ1v) is 7.92. The van der Waals surface area contributed by atoms with E-state index >= 15 is 0 Å². The van der Waals surface area contributed by atoms with E-state index in [-0.39, 0.29) is 23.8 Å². The number of urea groups is 1. The third-order valence-electron chi connectivity index (χ3n) is 4.35. The number of halogens is 1. The molecule has 0 spiro atoms. The van der Waals surface area contributed by atoms with E-state index in [1.54, 1.807) is 18.9 Å². The van der Waals surface area contributed by atoms with Gasteiger partial charge in [-0.2, -0.15) is 0 Å². The number of nitrogens with zero attached hydrogens (tertiary/aromatic N) is 1. The first kappa shape index (κ1) is 16.7. The molecule has 1 fully saturated rings. The summed E-state index contributed by atoms with van der Waals surface area (Å²) in [5.74, 6) is 0.00917. The quantitative estimate of drug-likeness (QED) is 0.879. The van der Waals surface area contributed by atoms with Gasteiger partial charge in [0.05, 0.1) is 6.10 Å². The molecule has 0 radical (unpaired) electrons. The largest absolute Gasteiger partial charge is 0.393 e. The Hall–Kier alpha value is -1.62. The van der Waals surface area contributed by atoms with Crippen LogP contribution in [0.1, 0.15) is 44.1 Å². The Kier molecular flexibility index (Phi) is 5.77. The van der Waals surface area contributed by atoms with Crippen LogP contribution in [0.3, 0.4) is 0 Å². The molecule has 0 bridgehead atoms. The lowest BCUT2D eigenvalue weighted by Crippen LogP contribution is -2.44. The molecule has 1 aromatic carbocycles. The molecular formula is C17H25FN2O2. The average Bonchev–Trinajstić information content (AvgIpc) is 2.93. The maximum absolute atomic E-state index is 13.0. The van der Waals surface area contributed by atoms with Crippen molar-refractivity contribution in [2.24, 2.45) is 0 Å². The lowest BCUT2D eigenvalue weighted by Gasteiger charge is -2.25. The molecular weight excluding hydrogens is 283 g/mol. The van der Waals surface area contributed by atoms with Crippen molar-refractivity contribution in [1.82, 2.24) is 10.2 Å². The van der Waals surface area contributed by atoms with Gasteiger partial charge in [-0.1, -0.05) is 18.6 Å². The molecule has 22 heavy (non-hydrogen) atoms. The first-order valence-electron chi connectivity index (χ1n) is 7.92. The Balaban J connectivity index is 1.93. The summed E-state index contributed by atoms with van der Waals surface area (Å²) >= 11 is 0. The van der Waals surface area contributed by atoms with Gasteiger partial charge in [-0.3, -0.25) is 0 Å². The molecule has 2 amide bonds. The molecule has 1 aromatic rings. The molecule has 2 N–H and O–H groups in total. The molecule has 5 heteroatoms. The highest BCUT2D eigenvalue weighted by Crippen LogP contribution is 2.34. The number of amides is 2. The Morgan fingerprint density at radius 3 is 2.73 bits per heavy atom. The second kappa shape index (κ2) is 7.58. The van der Waals surface area contributed by atoms with Crippen molar-refractivity contribution in [3.8, 4) is 0 Å². The fraction of sp³-hybridized carbons (Fsp3) is 0.588. The van der Waals surface area contributed by atoms with Crippen LogP contribution in [0, 0.1) is 5.82 Å². The minimum atomic E-state index is -0.409. The molecule has 0 heterocycles. The molecule has 3 unspecified atom stereocenters. The zero-order chi connectivity index (χ0) is 16.1. The lowest BCUT2D eigenvalue weighted by molar-refractivity contribution is 0.162. The Morgan fingerprint density at radius 1 is 1.41 bits per heavy atom. The van der Waals surface area contributed by atoms with Gasteiger partial charge < -0.3 is 15.3 Å². The van der Waals surface area contributed by atoms with Gasteiger partial charge in [0.25, 0.3) is 0 Å². The van der Waals surface area contributed by atoms with Crippen LogP contribution < -0.4 is 5.32 Å². The first-order chi connectivity index (χ1) is 10.5. The standard InChI is InChI=1S/C17H25FN2O2/c1-12(21)10-11-20(2)17(22)19-16-5-3-4-15(16)13-6-8-14(18)9-7-13/h6-9,12,15-16,21H,3-5,10-11H2,1-2H3,(H,19,22). The molecule has 1 saturated carbocycles. The predicted molar refractivity (Wildman–Crippen MR) is 84.2 cm³/mol. The summed E-state index contributed by atoms with van der Waals surface area (Å²) in [6.07, 6.45) is 3.17. The average molecular weight is 308 g/mol. The smallest absolute Gasteiger partial charge is 0.317 e. The van der Waals surface area contributed by atoms with Gasteiger partial charge >= 0.3 is 6.03 Å². The van der Waals surface area contributed by atoms with Gasteiger partial charge in [0, 0.05) is 25.6 Å². The van der Waals surface area contributed by atoms with Gasteiger partial charge in [-0.25, -0.2) is 9.18 Å². The van der Waals surface area contributed by atoms with Gasteiger partial charge in [0.1, 0.15) is 5.82 Å². The van der Waals surface area contributed by atoms with Crippen molar-refractivity contribution < 1.29 is 14.3 Å². The summed E-state index contributed by atoms with van der Waals surface area (Å²) in [6, 6.07) is 6.54. The molecule has 0 saturated heterocycles. The Bertz CT molecular complexity index is 490. The van der Waals surface area contributed by atoms with Gasteiger partial charge in [-0.05, 0) is 43.9 Å². The maximum atomic E-state index is 13.0. The lowest BCUT2D eigenvalue weighted by atomic mass is 9.94. The van der Waals surface area contributed by atoms with E-state index in [4.69, 9.17) is 0 Å². The minimum absolute atomic E-state index is 0.0898. The number of hydrogen-bond acceptors (Lipinski definition) is 2. The molecule has 0 aliphatic heterocycles. The van der Waals surface area contributed by atoms with E-state index in [0.29, 0.717) is 13.0 Å². The van der Waals surface area contributed by atoms with Gasteiger partial charge in [0.2, 0.25) is 0 Å². The van der Waals surface area contributed by atoms with Crippen molar-refractivity contribution in [2.75, 3.05) is 13.6 Å². The van der Waals surface area contributed by atoms with E-state index in [1.807, 2.05) is 12.1 Å². The van der Waals surface area contributed by atoms with E-state index in [2.05, 4.69) is 5.32 Å². The van der Waals surface area contributed by atoms with E-state index in [9.17, 15) is 14.3 Å². The SMILES string of the molecule is CC(O)CCN(C)C(=O)NC1CCCC1c1ccc(F)cc1. The number of carbonyl (C=O) groups is 1. The highest BCUT2D eigenvalue weighted by molar-refractivity contribution is 5.74. The molecule has 0 aromatic heterocycles. The number of aliphatic hydroxyl groups excluding tert-OH is 1. The van der Waals surface area contributed by atoms with Crippen LogP contribution in [0.2, 0.25) is 0 Å². The Morgan fingerprint density at radius 2 is 2.09 bits per heavy atom. The number of aliphatic hydroxyl groups is 1. The topological polar surface area (TPSA) is 52.6 Å². The summed E-state index contributed by atoms with van der Waals surface area (Å²) in [4.78, 5) is 13.8. The summed E-state index contributed by atoms with van der Waals surface area (Å²) in [5, 5.41) is 12.4. The van der Waals surface area contributed by atoms with Crippen molar-refractivity contribution in [3.63, 3.8) is 0 Å². The third-order valence-corrected chi connectivity index (χ3v) is 4.35. The van der Waals surface area contributed by atoms with Gasteiger partial charge in [0.15, 0.2) is 0 Å². The fourth-order valence-corrected chi connectivity index (χ4v) is 2.99. The van der Waals surface area contributed by atoms with Crippen molar-refractivity contribution >= 4 is 6.03 Å². The second-order valence-electron chi connectivity index (χ2n) is 6.20. The van der Waals surface area contributed by atoms with Crippen LogP contribution in [0.25, 0.3) is 0 Å². The van der Waals surface area contributed by atoms with Crippen molar-refractivity contribution in [1.29, 1.82) is 0 Å². The fourth-order valence-electron chi connectivity index (χ4n) is 2.99. The van der Waals surface area contributed by atoms with Gasteiger partial charge in [-0.15, -0.1) is 0 Å². The number of rotatable bonds is 5. The molecule has 122 valence electrons. The highest BCUT2D eigenvalue weighted by Gasteiger charge is 2.30. The van der Waals surface area contributed by atoms with Crippen LogP contribution in [0.5, 0.6) is 0 Å². The monoisotopic (exact) mass is 308 g/mol. The molecule has 2 rings (SSSR count). The summed E-state index contributed by atoms with van der Waals surface area (Å²) in [5.41, 5.74) is 1.08.